The topological polar surface area (TPSA) is 94.3 Å². The number of aromatic nitrogens is 2. The van der Waals surface area contributed by atoms with Gasteiger partial charge in [0.25, 0.3) is 0 Å². The maximum Gasteiger partial charge on any atom is 0.248 e. The number of hydrogen-bond acceptors (Lipinski definition) is 9. The summed E-state index contributed by atoms with van der Waals surface area (Å²) in [5.41, 5.74) is 5.85. The average Bonchev–Trinajstić information content (AvgIpc) is 4.21. The molecule has 0 amide bonds. The average molecular weight is 1200 g/mol. The predicted octanol–water partition coefficient (Wildman–Crippen LogP) is 24.2. The van der Waals surface area contributed by atoms with Gasteiger partial charge in [0, 0.05) is 11.1 Å². The van der Waals surface area contributed by atoms with E-state index in [0.717, 1.165) is 106 Å². The van der Waals surface area contributed by atoms with Crippen molar-refractivity contribution in [1.29, 1.82) is 0 Å². The Morgan fingerprint density at radius 1 is 0.264 bits per heavy atom. The molecule has 0 N–H and O–H groups in total. The second-order valence-electron chi connectivity index (χ2n) is 24.2. The van der Waals surface area contributed by atoms with Crippen molar-refractivity contribution >= 4 is 24.3 Å². The van der Waals surface area contributed by atoms with Crippen LogP contribution in [0, 0.1) is 0 Å². The number of unbranched alkanes of at least 4 members (excludes halogenated alkanes) is 30. The highest BCUT2D eigenvalue weighted by atomic mass is 16.5. The van der Waals surface area contributed by atoms with Gasteiger partial charge in [-0.25, -0.2) is 0 Å². The van der Waals surface area contributed by atoms with E-state index in [1.54, 1.807) is 0 Å². The summed E-state index contributed by atoms with van der Waals surface area (Å²) in [6.07, 6.45) is 52.1. The van der Waals surface area contributed by atoms with Gasteiger partial charge in [0.2, 0.25) is 23.3 Å². The molecule has 0 bridgehead atoms. The van der Waals surface area contributed by atoms with Crippen molar-refractivity contribution < 1.29 is 32.8 Å². The van der Waals surface area contributed by atoms with Gasteiger partial charge in [-0.15, -0.1) is 10.2 Å². The molecule has 0 saturated heterocycles. The Morgan fingerprint density at radius 3 is 0.736 bits per heavy atom. The molecule has 9 heteroatoms. The van der Waals surface area contributed by atoms with Crippen LogP contribution in [-0.2, 0) is 0 Å². The molecule has 0 unspecified atom stereocenters. The fourth-order valence-corrected chi connectivity index (χ4v) is 10.8. The summed E-state index contributed by atoms with van der Waals surface area (Å²) in [6.45, 7) is 17.5. The highest BCUT2D eigenvalue weighted by Gasteiger charge is 2.18. The molecule has 0 spiro atoms. The zero-order valence-corrected chi connectivity index (χ0v) is 55.7. The van der Waals surface area contributed by atoms with Crippen LogP contribution in [0.4, 0.5) is 0 Å². The molecule has 0 aliphatic rings. The molecule has 4 aromatic carbocycles. The van der Waals surface area contributed by atoms with Crippen LogP contribution < -0.4 is 28.4 Å². The zero-order valence-electron chi connectivity index (χ0n) is 55.7. The summed E-state index contributed by atoms with van der Waals surface area (Å²) in [6, 6.07) is 25.0. The van der Waals surface area contributed by atoms with Crippen LogP contribution in [0.2, 0.25) is 0 Å². The van der Waals surface area contributed by atoms with E-state index in [2.05, 4.69) is 125 Å². The second kappa shape index (κ2) is 47.3. The molecular weight excluding hydrogens is 1080 g/mol. The van der Waals surface area contributed by atoms with Gasteiger partial charge in [-0.3, -0.25) is 0 Å². The monoisotopic (exact) mass is 1190 g/mol. The van der Waals surface area contributed by atoms with E-state index in [-0.39, 0.29) is 0 Å². The van der Waals surface area contributed by atoms with Gasteiger partial charge in [-0.1, -0.05) is 283 Å². The molecule has 1 aromatic heterocycles. The van der Waals surface area contributed by atoms with E-state index >= 15 is 0 Å². The lowest BCUT2D eigenvalue weighted by Gasteiger charge is -2.18. The third-order valence-corrected chi connectivity index (χ3v) is 16.3. The van der Waals surface area contributed by atoms with Gasteiger partial charge in [0.15, 0.2) is 23.0 Å². The normalized spacial score (nSPS) is 11.6. The van der Waals surface area contributed by atoms with Crippen LogP contribution in [0.3, 0.4) is 0 Å². The van der Waals surface area contributed by atoms with Crippen molar-refractivity contribution in [2.45, 2.75) is 273 Å². The molecule has 0 atom stereocenters. The molecule has 9 nitrogen and oxygen atoms in total. The van der Waals surface area contributed by atoms with Gasteiger partial charge in [0.05, 0.1) is 39.6 Å². The van der Waals surface area contributed by atoms with Gasteiger partial charge in [-0.05, 0) is 109 Å². The maximum atomic E-state index is 6.59. The number of ether oxygens (including phenoxy) is 6. The third-order valence-electron chi connectivity index (χ3n) is 16.3. The third kappa shape index (κ3) is 30.4. The Kier molecular flexibility index (Phi) is 39.2. The van der Waals surface area contributed by atoms with E-state index < -0.39 is 0 Å². The quantitative estimate of drug-likeness (QED) is 0.0279. The van der Waals surface area contributed by atoms with Crippen molar-refractivity contribution in [3.8, 4) is 57.4 Å². The van der Waals surface area contributed by atoms with Crippen molar-refractivity contribution in [3.63, 3.8) is 0 Å². The van der Waals surface area contributed by atoms with Crippen LogP contribution in [0.15, 0.2) is 77.2 Å². The summed E-state index contributed by atoms with van der Waals surface area (Å²) < 4.78 is 45.8. The first-order chi connectivity index (χ1) is 43.0. The minimum absolute atomic E-state index is 0.476. The Morgan fingerprint density at radius 2 is 0.483 bits per heavy atom. The van der Waals surface area contributed by atoms with E-state index in [1.165, 1.54) is 193 Å². The zero-order chi connectivity index (χ0) is 61.5. The highest BCUT2D eigenvalue weighted by Crippen LogP contribution is 2.42. The van der Waals surface area contributed by atoms with Crippen molar-refractivity contribution in [1.82, 2.24) is 10.2 Å². The molecule has 0 aliphatic carbocycles. The smallest absolute Gasteiger partial charge is 0.248 e. The number of rotatable bonds is 54. The molecule has 5 aromatic rings. The SMILES string of the molecule is CCCCCCCCOc1cc(/C=C/c2ccc(-c3nnc(-c4ccc(/C=C/c5cc(OCCCCCCCC)c(OCCCCCCCC)c(OCCCCCCCC)c5)cc4)o3)cc2)cc(OCCCCCCCC)c1OCCCCCCCC. The molecule has 0 radical (unpaired) electrons. The largest absolute Gasteiger partial charge is 0.490 e. The van der Waals surface area contributed by atoms with Crippen LogP contribution in [0.25, 0.3) is 47.2 Å². The molecule has 1 heterocycles. The minimum Gasteiger partial charge on any atom is -0.490 e. The first kappa shape index (κ1) is 72.0. The Labute approximate surface area is 529 Å². The predicted molar refractivity (Wildman–Crippen MR) is 369 cm³/mol. The first-order valence-corrected chi connectivity index (χ1v) is 35.5. The van der Waals surface area contributed by atoms with Gasteiger partial charge >= 0.3 is 0 Å². The van der Waals surface area contributed by atoms with E-state index in [0.29, 0.717) is 51.4 Å². The van der Waals surface area contributed by atoms with Gasteiger partial charge in [0.1, 0.15) is 0 Å². The fourth-order valence-electron chi connectivity index (χ4n) is 10.8. The lowest BCUT2D eigenvalue weighted by molar-refractivity contribution is 0.234. The Bertz CT molecular complexity index is 2300. The van der Waals surface area contributed by atoms with Crippen LogP contribution >= 0.6 is 0 Å². The molecule has 482 valence electrons. The first-order valence-electron chi connectivity index (χ1n) is 35.5. The summed E-state index contributed by atoms with van der Waals surface area (Å²) in [4.78, 5) is 0. The van der Waals surface area contributed by atoms with Crippen molar-refractivity contribution in [2.24, 2.45) is 0 Å². The molecular formula is C78H118N2O7. The summed E-state index contributed by atoms with van der Waals surface area (Å²) in [7, 11) is 0. The van der Waals surface area contributed by atoms with E-state index in [1.807, 2.05) is 24.3 Å². The minimum atomic E-state index is 0.476. The van der Waals surface area contributed by atoms with E-state index in [4.69, 9.17) is 32.8 Å². The lowest BCUT2D eigenvalue weighted by atomic mass is 10.1. The Hall–Kier alpha value is -5.70. The molecule has 0 saturated carbocycles. The van der Waals surface area contributed by atoms with Crippen molar-refractivity contribution in [2.75, 3.05) is 39.6 Å². The molecule has 5 rings (SSSR count). The van der Waals surface area contributed by atoms with Crippen LogP contribution in [-0.4, -0.2) is 49.8 Å². The number of hydrogen-bond donors (Lipinski definition) is 0. The van der Waals surface area contributed by atoms with E-state index in [9.17, 15) is 0 Å². The molecule has 87 heavy (non-hydrogen) atoms. The van der Waals surface area contributed by atoms with Crippen LogP contribution in [0.5, 0.6) is 34.5 Å². The summed E-state index contributed by atoms with van der Waals surface area (Å²) in [5.74, 6) is 5.51. The molecule has 0 fully saturated rings. The number of benzene rings is 4. The number of nitrogens with zero attached hydrogens (tertiary/aromatic N) is 2. The van der Waals surface area contributed by atoms with Crippen molar-refractivity contribution in [3.05, 3.63) is 95.1 Å². The van der Waals surface area contributed by atoms with Gasteiger partial charge < -0.3 is 32.8 Å². The Balaban J connectivity index is 1.29. The standard InChI is InChI=1S/C78H118N2O7/c1-7-13-19-25-31-37-55-81-71-61-67(62-72(82-56-38-32-26-20-14-8-2)75(71)85-59-41-35-29-23-17-11-5)45-43-65-47-51-69(52-48-65)77-79-80-78(87-77)70-53-49-66(50-54-70)44-46-68-63-73(83-57-39-33-27-21-15-9-3)76(86-60-42-36-30-24-18-12-6)74(64-68)84-58-40-34-28-22-16-10-4/h43-54,61-64H,7-42,55-60H2,1-6H3/b45-43+,46-44+. The highest BCUT2D eigenvalue weighted by molar-refractivity contribution is 5.75. The summed E-state index contributed by atoms with van der Waals surface area (Å²) >= 11 is 0. The van der Waals surface area contributed by atoms with Gasteiger partial charge in [-0.2, -0.15) is 0 Å². The van der Waals surface area contributed by atoms with Crippen LogP contribution in [0.1, 0.15) is 295 Å². The summed E-state index contributed by atoms with van der Waals surface area (Å²) in [5, 5.41) is 8.96. The lowest BCUT2D eigenvalue weighted by Crippen LogP contribution is -2.06. The molecule has 0 aliphatic heterocycles. The maximum absolute atomic E-state index is 6.59. The second-order valence-corrected chi connectivity index (χ2v) is 24.2. The fraction of sp³-hybridized carbons (Fsp3) is 0.615.